The molecule has 21 heavy (non-hydrogen) atoms. The maximum absolute atomic E-state index is 12.4. The zero-order valence-electron chi connectivity index (χ0n) is 12.7. The molecule has 1 N–H and O–H groups in total. The normalized spacial score (nSPS) is 15.6. The Balaban J connectivity index is 1.94. The summed E-state index contributed by atoms with van der Waals surface area (Å²) in [6.45, 7) is 1.82. The van der Waals surface area contributed by atoms with Gasteiger partial charge in [-0.15, -0.1) is 0 Å². The molecule has 0 unspecified atom stereocenters. The molecule has 2 rings (SSSR count). The molecule has 5 nitrogen and oxygen atoms in total. The van der Waals surface area contributed by atoms with Crippen molar-refractivity contribution in [3.63, 3.8) is 0 Å². The molecule has 0 saturated heterocycles. The number of benzene rings is 1. The van der Waals surface area contributed by atoms with Crippen molar-refractivity contribution >= 4 is 10.0 Å². The second kappa shape index (κ2) is 7.35. The van der Waals surface area contributed by atoms with Crippen molar-refractivity contribution in [2.24, 2.45) is 0 Å². The van der Waals surface area contributed by atoms with Crippen molar-refractivity contribution < 1.29 is 13.2 Å². The van der Waals surface area contributed by atoms with Gasteiger partial charge in [-0.25, -0.2) is 12.7 Å². The van der Waals surface area contributed by atoms with Crippen molar-refractivity contribution in [3.05, 3.63) is 29.8 Å². The number of rotatable bonds is 9. The molecule has 0 aromatic heterocycles. The predicted molar refractivity (Wildman–Crippen MR) is 82.6 cm³/mol. The summed E-state index contributed by atoms with van der Waals surface area (Å²) in [6.07, 6.45) is 3.19. The molecule has 0 amide bonds. The largest absolute Gasteiger partial charge is 0.385 e. The number of nitrogens with zero attached hydrogens (tertiary/aromatic N) is 1. The highest BCUT2D eigenvalue weighted by atomic mass is 32.2. The lowest BCUT2D eigenvalue weighted by molar-refractivity contribution is 0.189. The summed E-state index contributed by atoms with van der Waals surface area (Å²) < 4.78 is 31.1. The monoisotopic (exact) mass is 312 g/mol. The average Bonchev–Trinajstić information content (AvgIpc) is 3.30. The molecule has 118 valence electrons. The molecule has 0 spiro atoms. The third-order valence-corrected chi connectivity index (χ3v) is 5.50. The van der Waals surface area contributed by atoms with Crippen LogP contribution in [0.4, 0.5) is 0 Å². The van der Waals surface area contributed by atoms with Crippen LogP contribution in [0.5, 0.6) is 0 Å². The van der Waals surface area contributed by atoms with Gasteiger partial charge in [-0.05, 0) is 37.0 Å². The van der Waals surface area contributed by atoms with Crippen LogP contribution in [0.25, 0.3) is 0 Å². The Morgan fingerprint density at radius 3 is 2.52 bits per heavy atom. The van der Waals surface area contributed by atoms with Crippen molar-refractivity contribution in [1.29, 1.82) is 0 Å². The third kappa shape index (κ3) is 4.78. The van der Waals surface area contributed by atoms with Crippen LogP contribution in [0.1, 0.15) is 24.8 Å². The first kappa shape index (κ1) is 16.4. The van der Waals surface area contributed by atoms with Crippen LogP contribution in [-0.4, -0.2) is 46.1 Å². The Hall–Kier alpha value is -0.950. The molecule has 0 atom stereocenters. The van der Waals surface area contributed by atoms with Gasteiger partial charge in [-0.1, -0.05) is 12.1 Å². The minimum atomic E-state index is -3.40. The smallest absolute Gasteiger partial charge is 0.242 e. The molecule has 1 aliphatic rings. The highest BCUT2D eigenvalue weighted by molar-refractivity contribution is 7.89. The van der Waals surface area contributed by atoms with E-state index < -0.39 is 10.0 Å². The maximum atomic E-state index is 12.4. The summed E-state index contributed by atoms with van der Waals surface area (Å²) in [6, 6.07) is 7.79. The van der Waals surface area contributed by atoms with Gasteiger partial charge < -0.3 is 10.1 Å². The number of methoxy groups -OCH3 is 1. The van der Waals surface area contributed by atoms with Crippen LogP contribution in [0, 0.1) is 0 Å². The number of sulfonamides is 1. The topological polar surface area (TPSA) is 58.6 Å². The van der Waals surface area contributed by atoms with Crippen LogP contribution in [0.3, 0.4) is 0 Å². The van der Waals surface area contributed by atoms with E-state index in [1.54, 1.807) is 26.3 Å². The highest BCUT2D eigenvalue weighted by Gasteiger charge is 2.21. The first-order chi connectivity index (χ1) is 10.0. The number of hydrogen-bond donors (Lipinski definition) is 1. The van der Waals surface area contributed by atoms with E-state index in [0.29, 0.717) is 30.5 Å². The van der Waals surface area contributed by atoms with Crippen LogP contribution in [0.15, 0.2) is 29.2 Å². The SMILES string of the molecule is COCCCN(C)S(=O)(=O)c1ccc(CNC2CC2)cc1. The molecule has 0 bridgehead atoms. The molecule has 1 saturated carbocycles. The second-order valence-corrected chi connectivity index (χ2v) is 7.52. The van der Waals surface area contributed by atoms with Gasteiger partial charge in [0.15, 0.2) is 0 Å². The van der Waals surface area contributed by atoms with Crippen molar-refractivity contribution in [1.82, 2.24) is 9.62 Å². The van der Waals surface area contributed by atoms with E-state index >= 15 is 0 Å². The lowest BCUT2D eigenvalue weighted by atomic mass is 10.2. The average molecular weight is 312 g/mol. The standard InChI is InChI=1S/C15H24N2O3S/c1-17(10-3-11-20-2)21(18,19)15-8-4-13(5-9-15)12-16-14-6-7-14/h4-5,8-9,14,16H,3,6-7,10-12H2,1-2H3. The molecular weight excluding hydrogens is 288 g/mol. The summed E-state index contributed by atoms with van der Waals surface area (Å²) in [5, 5.41) is 3.41. The minimum absolute atomic E-state index is 0.345. The van der Waals surface area contributed by atoms with Gasteiger partial charge in [0.1, 0.15) is 0 Å². The molecule has 6 heteroatoms. The Morgan fingerprint density at radius 2 is 1.95 bits per heavy atom. The summed E-state index contributed by atoms with van der Waals surface area (Å²) in [4.78, 5) is 0.345. The van der Waals surface area contributed by atoms with Crippen LogP contribution < -0.4 is 5.32 Å². The second-order valence-electron chi connectivity index (χ2n) is 5.47. The molecule has 0 aliphatic heterocycles. The molecule has 1 aromatic rings. The highest BCUT2D eigenvalue weighted by Crippen LogP contribution is 2.20. The molecule has 0 radical (unpaired) electrons. The van der Waals surface area contributed by atoms with Crippen LogP contribution in [-0.2, 0) is 21.3 Å². The minimum Gasteiger partial charge on any atom is -0.385 e. The first-order valence-corrected chi connectivity index (χ1v) is 8.75. The van der Waals surface area contributed by atoms with Gasteiger partial charge in [0.05, 0.1) is 4.90 Å². The van der Waals surface area contributed by atoms with Gasteiger partial charge in [-0.3, -0.25) is 0 Å². The van der Waals surface area contributed by atoms with Crippen molar-refractivity contribution in [3.8, 4) is 0 Å². The van der Waals surface area contributed by atoms with Crippen molar-refractivity contribution in [2.75, 3.05) is 27.3 Å². The third-order valence-electron chi connectivity index (χ3n) is 3.63. The summed E-state index contributed by atoms with van der Waals surface area (Å²) in [5.74, 6) is 0. The number of hydrogen-bond acceptors (Lipinski definition) is 4. The summed E-state index contributed by atoms with van der Waals surface area (Å²) in [5.41, 5.74) is 1.11. The fourth-order valence-electron chi connectivity index (χ4n) is 2.06. The molecule has 1 fully saturated rings. The molecule has 1 aromatic carbocycles. The predicted octanol–water partition coefficient (Wildman–Crippen LogP) is 1.60. The van der Waals surface area contributed by atoms with Gasteiger partial charge in [0.25, 0.3) is 0 Å². The van der Waals surface area contributed by atoms with E-state index in [4.69, 9.17) is 4.74 Å². The molecule has 0 heterocycles. The van der Waals surface area contributed by atoms with E-state index in [9.17, 15) is 8.42 Å². The number of nitrogens with one attached hydrogen (secondary N) is 1. The Morgan fingerprint density at radius 1 is 1.29 bits per heavy atom. The van der Waals surface area contributed by atoms with E-state index in [1.165, 1.54) is 17.1 Å². The zero-order valence-corrected chi connectivity index (χ0v) is 13.5. The van der Waals surface area contributed by atoms with Crippen LogP contribution >= 0.6 is 0 Å². The van der Waals surface area contributed by atoms with E-state index in [1.807, 2.05) is 12.1 Å². The Bertz CT molecular complexity index is 539. The first-order valence-electron chi connectivity index (χ1n) is 7.31. The fraction of sp³-hybridized carbons (Fsp3) is 0.600. The van der Waals surface area contributed by atoms with Gasteiger partial charge in [0, 0.05) is 39.9 Å². The Labute approximate surface area is 127 Å². The lowest BCUT2D eigenvalue weighted by Crippen LogP contribution is -2.28. The zero-order chi connectivity index (χ0) is 15.3. The summed E-state index contributed by atoms with van der Waals surface area (Å²) in [7, 11) is -0.179. The molecule has 1 aliphatic carbocycles. The van der Waals surface area contributed by atoms with Crippen LogP contribution in [0.2, 0.25) is 0 Å². The quantitative estimate of drug-likeness (QED) is 0.704. The van der Waals surface area contributed by atoms with E-state index in [-0.39, 0.29) is 0 Å². The van der Waals surface area contributed by atoms with E-state index in [2.05, 4.69) is 5.32 Å². The molecular formula is C15H24N2O3S. The Kier molecular flexibility index (Phi) is 5.75. The maximum Gasteiger partial charge on any atom is 0.242 e. The lowest BCUT2D eigenvalue weighted by Gasteiger charge is -2.17. The fourth-order valence-corrected chi connectivity index (χ4v) is 3.27. The van der Waals surface area contributed by atoms with Crippen molar-refractivity contribution in [2.45, 2.75) is 36.7 Å². The number of ether oxygens (including phenoxy) is 1. The van der Waals surface area contributed by atoms with E-state index in [0.717, 1.165) is 12.1 Å². The van der Waals surface area contributed by atoms with Gasteiger partial charge in [0.2, 0.25) is 10.0 Å². The van der Waals surface area contributed by atoms with Gasteiger partial charge in [-0.2, -0.15) is 0 Å². The van der Waals surface area contributed by atoms with Gasteiger partial charge >= 0.3 is 0 Å². The summed E-state index contributed by atoms with van der Waals surface area (Å²) >= 11 is 0.